The van der Waals surface area contributed by atoms with E-state index in [4.69, 9.17) is 9.97 Å². The Morgan fingerprint density at radius 3 is 1.85 bits per heavy atom. The SMILES string of the molecule is c1ccc(-c2ccc3c(c2)c2c4ccccc4c4sc5ccccc5c4c2n3-c2cnc(-c3ccccc3)nc2-c2ccccc2)cc1. The summed E-state index contributed by atoms with van der Waals surface area (Å²) in [7, 11) is 0. The van der Waals surface area contributed by atoms with Gasteiger partial charge in [-0.25, -0.2) is 9.97 Å². The molecule has 0 bridgehead atoms. The highest BCUT2D eigenvalue weighted by Gasteiger charge is 2.24. The molecule has 0 saturated heterocycles. The molecule has 3 nitrogen and oxygen atoms in total. The van der Waals surface area contributed by atoms with Gasteiger partial charge >= 0.3 is 0 Å². The van der Waals surface area contributed by atoms with Crippen LogP contribution in [-0.4, -0.2) is 14.5 Å². The van der Waals surface area contributed by atoms with Gasteiger partial charge in [-0.15, -0.1) is 11.3 Å². The zero-order valence-corrected chi connectivity index (χ0v) is 26.7. The monoisotopic (exact) mass is 629 g/mol. The largest absolute Gasteiger partial charge is 0.305 e. The average molecular weight is 630 g/mol. The van der Waals surface area contributed by atoms with Crippen molar-refractivity contribution in [2.24, 2.45) is 0 Å². The van der Waals surface area contributed by atoms with Gasteiger partial charge in [-0.05, 0) is 34.7 Å². The van der Waals surface area contributed by atoms with Gasteiger partial charge in [0.2, 0.25) is 0 Å². The number of fused-ring (bicyclic) bond motifs is 10. The second-order valence-electron chi connectivity index (χ2n) is 12.2. The summed E-state index contributed by atoms with van der Waals surface area (Å²) in [5, 5.41) is 7.54. The highest BCUT2D eigenvalue weighted by Crippen LogP contribution is 2.49. The summed E-state index contributed by atoms with van der Waals surface area (Å²) < 4.78 is 5.02. The van der Waals surface area contributed by atoms with E-state index in [1.807, 2.05) is 35.7 Å². The van der Waals surface area contributed by atoms with Gasteiger partial charge in [0.25, 0.3) is 0 Å². The Bertz CT molecular complexity index is 2820. The molecule has 0 atom stereocenters. The Morgan fingerprint density at radius 2 is 1.10 bits per heavy atom. The van der Waals surface area contributed by atoms with Crippen molar-refractivity contribution in [1.82, 2.24) is 14.5 Å². The fourth-order valence-electron chi connectivity index (χ4n) is 7.30. The Kier molecular flexibility index (Phi) is 6.05. The van der Waals surface area contributed by atoms with E-state index < -0.39 is 0 Å². The molecule has 10 rings (SSSR count). The Labute approximate surface area is 281 Å². The molecule has 0 radical (unpaired) electrons. The zero-order chi connectivity index (χ0) is 31.6. The van der Waals surface area contributed by atoms with Crippen LogP contribution in [0.25, 0.3) is 92.2 Å². The van der Waals surface area contributed by atoms with Crippen molar-refractivity contribution >= 4 is 64.1 Å². The highest BCUT2D eigenvalue weighted by molar-refractivity contribution is 7.27. The maximum Gasteiger partial charge on any atom is 0.159 e. The van der Waals surface area contributed by atoms with Crippen molar-refractivity contribution < 1.29 is 0 Å². The molecule has 10 aromatic rings. The van der Waals surface area contributed by atoms with E-state index in [-0.39, 0.29) is 0 Å². The summed E-state index contributed by atoms with van der Waals surface area (Å²) in [6, 6.07) is 56.0. The minimum absolute atomic E-state index is 0.710. The lowest BCUT2D eigenvalue weighted by Gasteiger charge is -2.15. The molecule has 0 spiro atoms. The smallest absolute Gasteiger partial charge is 0.159 e. The molecule has 0 N–H and O–H groups in total. The van der Waals surface area contributed by atoms with E-state index in [0.717, 1.165) is 28.0 Å². The van der Waals surface area contributed by atoms with Gasteiger partial charge in [0, 0.05) is 47.5 Å². The van der Waals surface area contributed by atoms with Gasteiger partial charge < -0.3 is 4.57 Å². The molecule has 3 heterocycles. The van der Waals surface area contributed by atoms with Crippen molar-refractivity contribution in [3.63, 3.8) is 0 Å². The number of rotatable bonds is 4. The minimum atomic E-state index is 0.710. The quantitative estimate of drug-likeness (QED) is 0.194. The molecule has 0 aliphatic rings. The van der Waals surface area contributed by atoms with Crippen molar-refractivity contribution in [3.05, 3.63) is 164 Å². The molecule has 48 heavy (non-hydrogen) atoms. The van der Waals surface area contributed by atoms with Crippen LogP contribution in [0.4, 0.5) is 0 Å². The Morgan fingerprint density at radius 1 is 0.479 bits per heavy atom. The maximum absolute atomic E-state index is 5.31. The minimum Gasteiger partial charge on any atom is -0.305 e. The molecule has 0 fully saturated rings. The van der Waals surface area contributed by atoms with Crippen LogP contribution in [0.2, 0.25) is 0 Å². The number of hydrogen-bond acceptors (Lipinski definition) is 3. The topological polar surface area (TPSA) is 30.7 Å². The summed E-state index contributed by atoms with van der Waals surface area (Å²) in [5.74, 6) is 0.710. The first-order valence-electron chi connectivity index (χ1n) is 16.2. The molecule has 0 aliphatic carbocycles. The second-order valence-corrected chi connectivity index (χ2v) is 13.2. The molecule has 0 aliphatic heterocycles. The third-order valence-corrected chi connectivity index (χ3v) is 10.6. The van der Waals surface area contributed by atoms with Crippen LogP contribution < -0.4 is 0 Å². The molecule has 3 aromatic heterocycles. The molecule has 7 aromatic carbocycles. The number of hydrogen-bond donors (Lipinski definition) is 0. The number of benzene rings is 7. The first kappa shape index (κ1) is 27.1. The van der Waals surface area contributed by atoms with Gasteiger partial charge in [0.1, 0.15) is 0 Å². The third-order valence-electron chi connectivity index (χ3n) is 9.44. The van der Waals surface area contributed by atoms with Crippen LogP contribution in [-0.2, 0) is 0 Å². The molecular formula is C44H27N3S. The van der Waals surface area contributed by atoms with Gasteiger partial charge in [0.05, 0.1) is 28.6 Å². The number of nitrogens with zero attached hydrogens (tertiary/aromatic N) is 3. The molecule has 4 heteroatoms. The van der Waals surface area contributed by atoms with E-state index in [1.165, 1.54) is 58.4 Å². The van der Waals surface area contributed by atoms with Crippen LogP contribution in [0.15, 0.2) is 164 Å². The molecule has 0 saturated carbocycles. The summed E-state index contributed by atoms with van der Waals surface area (Å²) >= 11 is 1.88. The van der Waals surface area contributed by atoms with E-state index >= 15 is 0 Å². The van der Waals surface area contributed by atoms with Crippen molar-refractivity contribution in [2.45, 2.75) is 0 Å². The van der Waals surface area contributed by atoms with E-state index in [2.05, 4.69) is 144 Å². The first-order valence-corrected chi connectivity index (χ1v) is 17.0. The molecular weight excluding hydrogens is 603 g/mol. The van der Waals surface area contributed by atoms with Crippen LogP contribution in [0, 0.1) is 0 Å². The zero-order valence-electron chi connectivity index (χ0n) is 25.8. The predicted molar refractivity (Wildman–Crippen MR) is 203 cm³/mol. The average Bonchev–Trinajstić information content (AvgIpc) is 3.72. The van der Waals surface area contributed by atoms with Gasteiger partial charge in [-0.2, -0.15) is 0 Å². The summed E-state index contributed by atoms with van der Waals surface area (Å²) in [5.41, 5.74) is 8.62. The Hall–Kier alpha value is -6.10. The van der Waals surface area contributed by atoms with Crippen LogP contribution in [0.1, 0.15) is 0 Å². The lowest BCUT2D eigenvalue weighted by Crippen LogP contribution is -2.03. The molecule has 0 unspecified atom stereocenters. The predicted octanol–water partition coefficient (Wildman–Crippen LogP) is 12.1. The lowest BCUT2D eigenvalue weighted by molar-refractivity contribution is 1.09. The van der Waals surface area contributed by atoms with E-state index in [0.29, 0.717) is 5.82 Å². The molecule has 224 valence electrons. The fraction of sp³-hybridized carbons (Fsp3) is 0. The fourth-order valence-corrected chi connectivity index (χ4v) is 8.55. The van der Waals surface area contributed by atoms with Gasteiger partial charge in [0.15, 0.2) is 5.82 Å². The molecule has 0 amide bonds. The standard InChI is InChI=1S/C44H27N3S/c1-4-14-28(15-5-1)31-24-25-36-35(26-31)39-32-20-10-11-21-33(32)43-40(34-22-12-13-23-38(34)48-43)42(39)47(36)37-27-45-44(30-18-8-3-9-19-30)46-41(37)29-16-6-2-7-17-29/h1-27H. The van der Waals surface area contributed by atoms with Crippen molar-refractivity contribution in [3.8, 4) is 39.5 Å². The number of thiophene rings is 1. The normalized spacial score (nSPS) is 11.8. The van der Waals surface area contributed by atoms with E-state index in [1.54, 1.807) is 0 Å². The highest BCUT2D eigenvalue weighted by atomic mass is 32.1. The third kappa shape index (κ3) is 4.06. The van der Waals surface area contributed by atoms with Crippen molar-refractivity contribution in [2.75, 3.05) is 0 Å². The van der Waals surface area contributed by atoms with Crippen LogP contribution in [0.3, 0.4) is 0 Å². The van der Waals surface area contributed by atoms with Gasteiger partial charge in [-0.3, -0.25) is 0 Å². The second kappa shape index (κ2) is 10.7. The lowest BCUT2D eigenvalue weighted by atomic mass is 9.98. The summed E-state index contributed by atoms with van der Waals surface area (Å²) in [6.45, 7) is 0. The van der Waals surface area contributed by atoms with Crippen molar-refractivity contribution in [1.29, 1.82) is 0 Å². The summed E-state index contributed by atoms with van der Waals surface area (Å²) in [6.07, 6.45) is 2.03. The Balaban J connectivity index is 1.42. The summed E-state index contributed by atoms with van der Waals surface area (Å²) in [4.78, 5) is 10.3. The first-order chi connectivity index (χ1) is 23.8. The maximum atomic E-state index is 5.31. The number of aromatic nitrogens is 3. The van der Waals surface area contributed by atoms with Crippen LogP contribution >= 0.6 is 11.3 Å². The van der Waals surface area contributed by atoms with Gasteiger partial charge in [-0.1, -0.05) is 140 Å². The van der Waals surface area contributed by atoms with E-state index in [9.17, 15) is 0 Å². The van der Waals surface area contributed by atoms with Crippen LogP contribution in [0.5, 0.6) is 0 Å².